The monoisotopic (exact) mass is 227 g/mol. The molecule has 0 radical (unpaired) electrons. The molecule has 0 saturated carbocycles. The van der Waals surface area contributed by atoms with Crippen LogP contribution in [0.2, 0.25) is 0 Å². The standard InChI is InChI=1S/C14H17N3/c15-14-12-4-2-1-3-11(12)9-13(17-14)10-5-7-16-8-6-10/h1-4,9-10,16H,5-8H2,(H2,15,17). The number of rotatable bonds is 1. The van der Waals surface area contributed by atoms with Crippen LogP contribution in [-0.4, -0.2) is 18.1 Å². The molecule has 0 atom stereocenters. The van der Waals surface area contributed by atoms with Gasteiger partial charge in [-0.05, 0) is 37.4 Å². The number of anilines is 1. The second-order valence-corrected chi connectivity index (χ2v) is 4.68. The highest BCUT2D eigenvalue weighted by Crippen LogP contribution is 2.28. The summed E-state index contributed by atoms with van der Waals surface area (Å²) >= 11 is 0. The van der Waals surface area contributed by atoms with E-state index in [0.29, 0.717) is 11.7 Å². The van der Waals surface area contributed by atoms with E-state index in [2.05, 4.69) is 22.4 Å². The molecule has 3 rings (SSSR count). The summed E-state index contributed by atoms with van der Waals surface area (Å²) in [6, 6.07) is 10.4. The van der Waals surface area contributed by atoms with E-state index in [0.717, 1.165) is 37.0 Å². The van der Waals surface area contributed by atoms with Crippen LogP contribution in [-0.2, 0) is 0 Å². The van der Waals surface area contributed by atoms with Gasteiger partial charge in [0, 0.05) is 17.0 Å². The molecule has 1 aliphatic rings. The third-order valence-corrected chi connectivity index (χ3v) is 3.55. The first-order valence-electron chi connectivity index (χ1n) is 6.20. The van der Waals surface area contributed by atoms with Gasteiger partial charge < -0.3 is 11.1 Å². The van der Waals surface area contributed by atoms with Crippen LogP contribution < -0.4 is 11.1 Å². The van der Waals surface area contributed by atoms with E-state index < -0.39 is 0 Å². The number of nitrogen functional groups attached to an aromatic ring is 1. The third-order valence-electron chi connectivity index (χ3n) is 3.55. The van der Waals surface area contributed by atoms with Crippen LogP contribution in [0.5, 0.6) is 0 Å². The zero-order valence-electron chi connectivity index (χ0n) is 9.82. The first kappa shape index (κ1) is 10.5. The summed E-state index contributed by atoms with van der Waals surface area (Å²) in [6.07, 6.45) is 2.32. The van der Waals surface area contributed by atoms with Gasteiger partial charge in [0.25, 0.3) is 0 Å². The number of aromatic nitrogens is 1. The van der Waals surface area contributed by atoms with Gasteiger partial charge in [-0.25, -0.2) is 4.98 Å². The number of fused-ring (bicyclic) bond motifs is 1. The van der Waals surface area contributed by atoms with Gasteiger partial charge in [-0.1, -0.05) is 24.3 Å². The average molecular weight is 227 g/mol. The quantitative estimate of drug-likeness (QED) is 0.786. The van der Waals surface area contributed by atoms with Crippen LogP contribution in [0, 0.1) is 0 Å². The van der Waals surface area contributed by atoms with E-state index in [9.17, 15) is 0 Å². The zero-order valence-corrected chi connectivity index (χ0v) is 9.82. The molecular formula is C14H17N3. The molecule has 0 amide bonds. The Bertz CT molecular complexity index is 530. The molecule has 0 bridgehead atoms. The first-order valence-corrected chi connectivity index (χ1v) is 6.20. The molecule has 1 fully saturated rings. The van der Waals surface area contributed by atoms with Gasteiger partial charge in [0.2, 0.25) is 0 Å². The van der Waals surface area contributed by atoms with E-state index >= 15 is 0 Å². The molecule has 1 saturated heterocycles. The zero-order chi connectivity index (χ0) is 11.7. The molecule has 17 heavy (non-hydrogen) atoms. The van der Waals surface area contributed by atoms with Gasteiger partial charge in [-0.2, -0.15) is 0 Å². The van der Waals surface area contributed by atoms with E-state index in [1.165, 1.54) is 5.39 Å². The highest BCUT2D eigenvalue weighted by molar-refractivity contribution is 5.91. The Hall–Kier alpha value is -1.61. The Morgan fingerprint density at radius 2 is 1.94 bits per heavy atom. The Balaban J connectivity index is 2.05. The fraction of sp³-hybridized carbons (Fsp3) is 0.357. The van der Waals surface area contributed by atoms with Crippen molar-refractivity contribution in [2.75, 3.05) is 18.8 Å². The molecule has 0 aliphatic carbocycles. The van der Waals surface area contributed by atoms with Crippen molar-refractivity contribution in [1.29, 1.82) is 0 Å². The largest absolute Gasteiger partial charge is 0.383 e. The van der Waals surface area contributed by atoms with Crippen LogP contribution in [0.15, 0.2) is 30.3 Å². The predicted molar refractivity (Wildman–Crippen MR) is 71.0 cm³/mol. The SMILES string of the molecule is Nc1nc(C2CCNCC2)cc2ccccc12. The lowest BCUT2D eigenvalue weighted by molar-refractivity contribution is 0.454. The lowest BCUT2D eigenvalue weighted by Crippen LogP contribution is -2.27. The fourth-order valence-corrected chi connectivity index (χ4v) is 2.57. The number of benzene rings is 1. The molecule has 2 heterocycles. The van der Waals surface area contributed by atoms with Crippen LogP contribution in [0.25, 0.3) is 10.8 Å². The van der Waals surface area contributed by atoms with Crippen LogP contribution in [0.4, 0.5) is 5.82 Å². The molecule has 1 aromatic carbocycles. The minimum absolute atomic E-state index is 0.558. The molecule has 3 nitrogen and oxygen atoms in total. The predicted octanol–water partition coefficient (Wildman–Crippen LogP) is 2.28. The molecule has 88 valence electrons. The van der Waals surface area contributed by atoms with E-state index in [-0.39, 0.29) is 0 Å². The van der Waals surface area contributed by atoms with Gasteiger partial charge in [0.15, 0.2) is 0 Å². The fourth-order valence-electron chi connectivity index (χ4n) is 2.57. The first-order chi connectivity index (χ1) is 8.34. The van der Waals surface area contributed by atoms with Gasteiger partial charge >= 0.3 is 0 Å². The highest BCUT2D eigenvalue weighted by Gasteiger charge is 2.17. The Morgan fingerprint density at radius 3 is 2.76 bits per heavy atom. The van der Waals surface area contributed by atoms with Crippen molar-refractivity contribution in [2.45, 2.75) is 18.8 Å². The molecule has 0 unspecified atom stereocenters. The van der Waals surface area contributed by atoms with Crippen molar-refractivity contribution >= 4 is 16.6 Å². The minimum atomic E-state index is 0.558. The highest BCUT2D eigenvalue weighted by atomic mass is 14.9. The van der Waals surface area contributed by atoms with E-state index in [1.807, 2.05) is 18.2 Å². The maximum Gasteiger partial charge on any atom is 0.131 e. The smallest absolute Gasteiger partial charge is 0.131 e. The second-order valence-electron chi connectivity index (χ2n) is 4.68. The van der Waals surface area contributed by atoms with Gasteiger partial charge in [-0.3, -0.25) is 0 Å². The Morgan fingerprint density at radius 1 is 1.18 bits per heavy atom. The molecule has 1 aliphatic heterocycles. The minimum Gasteiger partial charge on any atom is -0.383 e. The lowest BCUT2D eigenvalue weighted by atomic mass is 9.93. The van der Waals surface area contributed by atoms with Crippen LogP contribution in [0.3, 0.4) is 0 Å². The normalized spacial score (nSPS) is 17.4. The summed E-state index contributed by atoms with van der Waals surface area (Å²) in [5, 5.41) is 5.64. The Kier molecular flexibility index (Phi) is 2.69. The van der Waals surface area contributed by atoms with Crippen molar-refractivity contribution in [3.63, 3.8) is 0 Å². The van der Waals surface area contributed by atoms with Crippen molar-refractivity contribution in [3.8, 4) is 0 Å². The number of hydrogen-bond acceptors (Lipinski definition) is 3. The summed E-state index contributed by atoms with van der Waals surface area (Å²) in [5.41, 5.74) is 7.19. The number of nitrogens with zero attached hydrogens (tertiary/aromatic N) is 1. The van der Waals surface area contributed by atoms with E-state index in [1.54, 1.807) is 0 Å². The third kappa shape index (κ3) is 1.98. The van der Waals surface area contributed by atoms with Crippen LogP contribution in [0.1, 0.15) is 24.5 Å². The summed E-state index contributed by atoms with van der Waals surface area (Å²) in [6.45, 7) is 2.16. The van der Waals surface area contributed by atoms with Gasteiger partial charge in [-0.15, -0.1) is 0 Å². The number of nitrogens with two attached hydrogens (primary N) is 1. The maximum absolute atomic E-state index is 6.04. The number of nitrogens with one attached hydrogen (secondary N) is 1. The molecular weight excluding hydrogens is 210 g/mol. The topological polar surface area (TPSA) is 50.9 Å². The van der Waals surface area contributed by atoms with Crippen molar-refractivity contribution < 1.29 is 0 Å². The number of pyridine rings is 1. The summed E-state index contributed by atoms with van der Waals surface area (Å²) in [4.78, 5) is 4.58. The average Bonchev–Trinajstić information content (AvgIpc) is 2.40. The summed E-state index contributed by atoms with van der Waals surface area (Å²) in [5.74, 6) is 1.22. The second kappa shape index (κ2) is 4.34. The van der Waals surface area contributed by atoms with Gasteiger partial charge in [0.05, 0.1) is 0 Å². The summed E-state index contributed by atoms with van der Waals surface area (Å²) in [7, 11) is 0. The molecule has 3 heteroatoms. The molecule has 1 aromatic heterocycles. The van der Waals surface area contributed by atoms with E-state index in [4.69, 9.17) is 5.73 Å². The maximum atomic E-state index is 6.04. The molecule has 2 aromatic rings. The van der Waals surface area contributed by atoms with Crippen molar-refractivity contribution in [3.05, 3.63) is 36.0 Å². The molecule has 0 spiro atoms. The number of piperidine rings is 1. The summed E-state index contributed by atoms with van der Waals surface area (Å²) < 4.78 is 0. The molecule has 3 N–H and O–H groups in total. The number of hydrogen-bond donors (Lipinski definition) is 2. The lowest BCUT2D eigenvalue weighted by Gasteiger charge is -2.22. The van der Waals surface area contributed by atoms with Crippen LogP contribution >= 0.6 is 0 Å². The Labute approximate surface area is 101 Å². The van der Waals surface area contributed by atoms with Gasteiger partial charge in [0.1, 0.15) is 5.82 Å². The van der Waals surface area contributed by atoms with Crippen molar-refractivity contribution in [2.24, 2.45) is 0 Å². The van der Waals surface area contributed by atoms with Crippen molar-refractivity contribution in [1.82, 2.24) is 10.3 Å².